The molecule has 0 saturated carbocycles. The number of rotatable bonds is 6. The van der Waals surface area contributed by atoms with Gasteiger partial charge in [-0.15, -0.1) is 0 Å². The summed E-state index contributed by atoms with van der Waals surface area (Å²) in [6, 6.07) is 3.64. The summed E-state index contributed by atoms with van der Waals surface area (Å²) in [6.45, 7) is 2.33. The number of likely N-dealkylation sites (tertiary alicyclic amines) is 1. The maximum absolute atomic E-state index is 9.93. The molecule has 6 heteroatoms. The highest BCUT2D eigenvalue weighted by Gasteiger charge is 2.32. The molecule has 0 bridgehead atoms. The summed E-state index contributed by atoms with van der Waals surface area (Å²) in [5, 5.41) is 9.93. The zero-order chi connectivity index (χ0) is 15.4. The quantitative estimate of drug-likeness (QED) is 0.853. The molecular formula is C15H23NO5. The van der Waals surface area contributed by atoms with E-state index in [1.165, 1.54) is 14.2 Å². The smallest absolute Gasteiger partial charge is 0.200 e. The Morgan fingerprint density at radius 1 is 1.00 bits per heavy atom. The molecule has 1 heterocycles. The van der Waals surface area contributed by atoms with Crippen molar-refractivity contribution in [3.63, 3.8) is 0 Å². The van der Waals surface area contributed by atoms with E-state index in [-0.39, 0.29) is 18.0 Å². The van der Waals surface area contributed by atoms with Gasteiger partial charge < -0.3 is 24.1 Å². The average Bonchev–Trinajstić information content (AvgIpc) is 2.90. The van der Waals surface area contributed by atoms with Gasteiger partial charge in [0.1, 0.15) is 0 Å². The first-order chi connectivity index (χ1) is 10.1. The second-order valence-corrected chi connectivity index (χ2v) is 5.09. The lowest BCUT2D eigenvalue weighted by Gasteiger charge is -2.17. The zero-order valence-corrected chi connectivity index (χ0v) is 13.0. The Labute approximate surface area is 125 Å². The molecule has 2 unspecified atom stereocenters. The van der Waals surface area contributed by atoms with Gasteiger partial charge in [-0.2, -0.15) is 0 Å². The highest BCUT2D eigenvalue weighted by Crippen LogP contribution is 2.37. The van der Waals surface area contributed by atoms with Gasteiger partial charge in [0.15, 0.2) is 11.5 Å². The summed E-state index contributed by atoms with van der Waals surface area (Å²) in [5.74, 6) is 0.847. The minimum absolute atomic E-state index is 0.0229. The molecule has 1 saturated heterocycles. The van der Waals surface area contributed by atoms with Crippen molar-refractivity contribution in [1.82, 2.24) is 4.90 Å². The summed E-state index contributed by atoms with van der Waals surface area (Å²) in [4.78, 5) is 2.24. The molecule has 1 fully saturated rings. The number of aromatic hydroxyl groups is 1. The average molecular weight is 297 g/mol. The third-order valence-corrected chi connectivity index (χ3v) is 3.84. The van der Waals surface area contributed by atoms with E-state index in [4.69, 9.17) is 18.9 Å². The fourth-order valence-corrected chi connectivity index (χ4v) is 2.70. The van der Waals surface area contributed by atoms with Crippen LogP contribution in [0.15, 0.2) is 12.1 Å². The van der Waals surface area contributed by atoms with Crippen LogP contribution in [-0.4, -0.2) is 63.7 Å². The molecule has 118 valence electrons. The number of ether oxygens (including phenoxy) is 4. The van der Waals surface area contributed by atoms with Crippen molar-refractivity contribution in [2.24, 2.45) is 0 Å². The van der Waals surface area contributed by atoms with Gasteiger partial charge in [-0.3, -0.25) is 4.90 Å². The third kappa shape index (κ3) is 3.40. The standard InChI is InChI=1S/C15H23NO5/c1-18-11-5-10(6-12(19-2)15(11)17)7-16-8-13(20-3)14(9-16)21-4/h5-6,13-14,17H,7-9H2,1-4H3. The number of nitrogens with zero attached hydrogens (tertiary/aromatic N) is 1. The summed E-state index contributed by atoms with van der Waals surface area (Å²) in [6.07, 6.45) is 0.159. The molecule has 0 aromatic heterocycles. The molecule has 1 aromatic rings. The van der Waals surface area contributed by atoms with Crippen LogP contribution in [0.2, 0.25) is 0 Å². The van der Waals surface area contributed by atoms with Crippen LogP contribution < -0.4 is 9.47 Å². The maximum atomic E-state index is 9.93. The number of hydrogen-bond donors (Lipinski definition) is 1. The van der Waals surface area contributed by atoms with Gasteiger partial charge in [-0.25, -0.2) is 0 Å². The van der Waals surface area contributed by atoms with E-state index in [0.717, 1.165) is 18.7 Å². The lowest BCUT2D eigenvalue weighted by Crippen LogP contribution is -2.27. The predicted octanol–water partition coefficient (Wildman–Crippen LogP) is 1.25. The molecule has 1 aliphatic rings. The monoisotopic (exact) mass is 297 g/mol. The van der Waals surface area contributed by atoms with E-state index >= 15 is 0 Å². The minimum atomic E-state index is 0.0229. The Morgan fingerprint density at radius 3 is 1.86 bits per heavy atom. The molecule has 1 aromatic carbocycles. The molecule has 0 radical (unpaired) electrons. The van der Waals surface area contributed by atoms with Crippen molar-refractivity contribution in [2.45, 2.75) is 18.8 Å². The van der Waals surface area contributed by atoms with Gasteiger partial charge in [-0.05, 0) is 17.7 Å². The molecule has 6 nitrogen and oxygen atoms in total. The molecule has 21 heavy (non-hydrogen) atoms. The number of methoxy groups -OCH3 is 4. The molecule has 1 aliphatic heterocycles. The molecular weight excluding hydrogens is 274 g/mol. The predicted molar refractivity (Wildman–Crippen MR) is 78.1 cm³/mol. The van der Waals surface area contributed by atoms with Gasteiger partial charge in [0.05, 0.1) is 26.4 Å². The fraction of sp³-hybridized carbons (Fsp3) is 0.600. The van der Waals surface area contributed by atoms with Gasteiger partial charge in [0.25, 0.3) is 0 Å². The third-order valence-electron chi connectivity index (χ3n) is 3.84. The van der Waals surface area contributed by atoms with E-state index in [1.807, 2.05) is 12.1 Å². The van der Waals surface area contributed by atoms with Gasteiger partial charge in [0.2, 0.25) is 5.75 Å². The molecule has 0 spiro atoms. The Balaban J connectivity index is 2.13. The van der Waals surface area contributed by atoms with E-state index in [0.29, 0.717) is 18.0 Å². The fourth-order valence-electron chi connectivity index (χ4n) is 2.70. The largest absolute Gasteiger partial charge is 0.502 e. The van der Waals surface area contributed by atoms with Crippen LogP contribution >= 0.6 is 0 Å². The van der Waals surface area contributed by atoms with E-state index in [1.54, 1.807) is 14.2 Å². The Kier molecular flexibility index (Phi) is 5.27. The van der Waals surface area contributed by atoms with Crippen LogP contribution in [0.25, 0.3) is 0 Å². The summed E-state index contributed by atoms with van der Waals surface area (Å²) in [5.41, 5.74) is 1.01. The van der Waals surface area contributed by atoms with E-state index < -0.39 is 0 Å². The number of phenols is 1. The summed E-state index contributed by atoms with van der Waals surface area (Å²) in [7, 11) is 6.45. The lowest BCUT2D eigenvalue weighted by atomic mass is 10.1. The second kappa shape index (κ2) is 6.98. The highest BCUT2D eigenvalue weighted by atomic mass is 16.5. The van der Waals surface area contributed by atoms with Crippen molar-refractivity contribution >= 4 is 0 Å². The molecule has 2 atom stereocenters. The maximum Gasteiger partial charge on any atom is 0.200 e. The number of phenolic OH excluding ortho intramolecular Hbond substituents is 1. The Bertz CT molecular complexity index is 442. The van der Waals surface area contributed by atoms with Crippen LogP contribution in [0.1, 0.15) is 5.56 Å². The van der Waals surface area contributed by atoms with E-state index in [9.17, 15) is 5.11 Å². The van der Waals surface area contributed by atoms with Crippen molar-refractivity contribution < 1.29 is 24.1 Å². The van der Waals surface area contributed by atoms with Crippen LogP contribution in [0.5, 0.6) is 17.2 Å². The van der Waals surface area contributed by atoms with Gasteiger partial charge >= 0.3 is 0 Å². The Hall–Kier alpha value is -1.50. The van der Waals surface area contributed by atoms with Crippen LogP contribution in [0.4, 0.5) is 0 Å². The van der Waals surface area contributed by atoms with Crippen molar-refractivity contribution in [3.8, 4) is 17.2 Å². The normalized spacial score (nSPS) is 22.5. The first-order valence-electron chi connectivity index (χ1n) is 6.84. The van der Waals surface area contributed by atoms with Gasteiger partial charge in [-0.1, -0.05) is 0 Å². The number of hydrogen-bond acceptors (Lipinski definition) is 6. The summed E-state index contributed by atoms with van der Waals surface area (Å²) >= 11 is 0. The lowest BCUT2D eigenvalue weighted by molar-refractivity contribution is -0.00461. The van der Waals surface area contributed by atoms with Crippen molar-refractivity contribution in [3.05, 3.63) is 17.7 Å². The first kappa shape index (κ1) is 15.9. The molecule has 0 amide bonds. The minimum Gasteiger partial charge on any atom is -0.502 e. The van der Waals surface area contributed by atoms with Gasteiger partial charge in [0, 0.05) is 33.9 Å². The molecule has 0 aliphatic carbocycles. The Morgan fingerprint density at radius 2 is 1.48 bits per heavy atom. The zero-order valence-electron chi connectivity index (χ0n) is 13.0. The van der Waals surface area contributed by atoms with Crippen molar-refractivity contribution in [2.75, 3.05) is 41.5 Å². The van der Waals surface area contributed by atoms with Crippen LogP contribution in [0.3, 0.4) is 0 Å². The highest BCUT2D eigenvalue weighted by molar-refractivity contribution is 5.52. The molecule has 1 N–H and O–H groups in total. The topological polar surface area (TPSA) is 60.4 Å². The molecule has 2 rings (SSSR count). The van der Waals surface area contributed by atoms with Crippen LogP contribution in [-0.2, 0) is 16.0 Å². The second-order valence-electron chi connectivity index (χ2n) is 5.09. The number of benzene rings is 1. The van der Waals surface area contributed by atoms with Crippen LogP contribution in [0, 0.1) is 0 Å². The van der Waals surface area contributed by atoms with E-state index in [2.05, 4.69) is 4.90 Å². The summed E-state index contributed by atoms with van der Waals surface area (Å²) < 4.78 is 21.2. The van der Waals surface area contributed by atoms with Crippen molar-refractivity contribution in [1.29, 1.82) is 0 Å². The SMILES string of the molecule is COc1cc(CN2CC(OC)C(OC)C2)cc(OC)c1O. The first-order valence-corrected chi connectivity index (χ1v) is 6.84.